The Hall–Kier alpha value is -1.36. The molecule has 0 spiro atoms. The number of aryl methyl sites for hydroxylation is 1. The quantitative estimate of drug-likeness (QED) is 0.844. The number of hydrogen-bond acceptors (Lipinski definition) is 5. The van der Waals surface area contributed by atoms with Gasteiger partial charge in [0.1, 0.15) is 17.5 Å². The van der Waals surface area contributed by atoms with Crippen LogP contribution in [0.15, 0.2) is 6.07 Å². The maximum Gasteiger partial charge on any atom is 0.132 e. The summed E-state index contributed by atoms with van der Waals surface area (Å²) in [6.45, 7) is 9.81. The molecule has 118 valence electrons. The number of likely N-dealkylation sites (tertiary alicyclic amines) is 1. The second-order valence-electron chi connectivity index (χ2n) is 6.11. The summed E-state index contributed by atoms with van der Waals surface area (Å²) in [5, 5.41) is 6.99. The highest BCUT2D eigenvalue weighted by Crippen LogP contribution is 2.21. The Balaban J connectivity index is 2.07. The molecule has 2 atom stereocenters. The molecule has 1 fully saturated rings. The molecule has 0 aromatic carbocycles. The Morgan fingerprint density at radius 3 is 2.71 bits per heavy atom. The van der Waals surface area contributed by atoms with E-state index < -0.39 is 0 Å². The molecular weight excluding hydrogens is 262 g/mol. The zero-order chi connectivity index (χ0) is 15.2. The zero-order valence-electron chi connectivity index (χ0n) is 13.8. The first kappa shape index (κ1) is 16.0. The van der Waals surface area contributed by atoms with Gasteiger partial charge in [-0.05, 0) is 32.4 Å². The van der Waals surface area contributed by atoms with Crippen molar-refractivity contribution < 1.29 is 0 Å². The van der Waals surface area contributed by atoms with E-state index in [9.17, 15) is 0 Å². The minimum Gasteiger partial charge on any atom is -0.370 e. The predicted molar refractivity (Wildman–Crippen MR) is 88.9 cm³/mol. The number of aromatic nitrogens is 2. The van der Waals surface area contributed by atoms with Gasteiger partial charge in [-0.3, -0.25) is 0 Å². The number of rotatable bonds is 6. The molecule has 0 amide bonds. The number of nitrogens with one attached hydrogen (secondary N) is 2. The van der Waals surface area contributed by atoms with Crippen LogP contribution in [0.25, 0.3) is 0 Å². The molecule has 21 heavy (non-hydrogen) atoms. The summed E-state index contributed by atoms with van der Waals surface area (Å²) in [7, 11) is 2.19. The molecule has 2 rings (SSSR count). The van der Waals surface area contributed by atoms with Crippen LogP contribution in [0.1, 0.15) is 39.4 Å². The maximum absolute atomic E-state index is 4.63. The van der Waals surface area contributed by atoms with Gasteiger partial charge in [0, 0.05) is 31.6 Å². The molecule has 0 bridgehead atoms. The first-order valence-electron chi connectivity index (χ1n) is 8.19. The highest BCUT2D eigenvalue weighted by atomic mass is 15.1. The van der Waals surface area contributed by atoms with Crippen LogP contribution >= 0.6 is 0 Å². The van der Waals surface area contributed by atoms with Gasteiger partial charge < -0.3 is 15.5 Å². The average molecular weight is 291 g/mol. The Bertz CT molecular complexity index is 448. The van der Waals surface area contributed by atoms with Gasteiger partial charge in [0.25, 0.3) is 0 Å². The molecule has 2 N–H and O–H groups in total. The summed E-state index contributed by atoms with van der Waals surface area (Å²) in [5.41, 5.74) is 0. The lowest BCUT2D eigenvalue weighted by molar-refractivity contribution is 0.206. The minimum atomic E-state index is 0.500. The third-order valence-electron chi connectivity index (χ3n) is 4.09. The Kier molecular flexibility index (Phi) is 5.79. The van der Waals surface area contributed by atoms with Crippen LogP contribution in [0.4, 0.5) is 11.6 Å². The van der Waals surface area contributed by atoms with Gasteiger partial charge in [0.05, 0.1) is 0 Å². The fourth-order valence-corrected chi connectivity index (χ4v) is 2.83. The van der Waals surface area contributed by atoms with Crippen LogP contribution < -0.4 is 10.6 Å². The van der Waals surface area contributed by atoms with Gasteiger partial charge in [0.15, 0.2) is 0 Å². The van der Waals surface area contributed by atoms with Crippen LogP contribution in [0.5, 0.6) is 0 Å². The third-order valence-corrected chi connectivity index (χ3v) is 4.09. The van der Waals surface area contributed by atoms with Crippen molar-refractivity contribution in [3.8, 4) is 0 Å². The maximum atomic E-state index is 4.63. The second kappa shape index (κ2) is 7.59. The molecule has 5 heteroatoms. The van der Waals surface area contributed by atoms with E-state index in [4.69, 9.17) is 0 Å². The topological polar surface area (TPSA) is 53.1 Å². The van der Waals surface area contributed by atoms with Crippen LogP contribution in [0, 0.1) is 5.92 Å². The SMILES string of the molecule is CCCNc1cc(NC2CCN(C)CC2C)nc(CC)n1. The molecule has 0 aliphatic carbocycles. The van der Waals surface area contributed by atoms with Crippen molar-refractivity contribution in [3.05, 3.63) is 11.9 Å². The van der Waals surface area contributed by atoms with E-state index in [1.807, 2.05) is 6.07 Å². The molecule has 0 radical (unpaired) electrons. The first-order chi connectivity index (χ1) is 10.1. The lowest BCUT2D eigenvalue weighted by atomic mass is 9.94. The van der Waals surface area contributed by atoms with E-state index in [1.54, 1.807) is 0 Å². The van der Waals surface area contributed by atoms with Crippen LogP contribution in [0.2, 0.25) is 0 Å². The fraction of sp³-hybridized carbons (Fsp3) is 0.750. The molecule has 1 saturated heterocycles. The molecule has 5 nitrogen and oxygen atoms in total. The Morgan fingerprint density at radius 1 is 1.29 bits per heavy atom. The summed E-state index contributed by atoms with van der Waals surface area (Å²) in [4.78, 5) is 11.6. The normalized spacial score (nSPS) is 23.0. The number of piperidine rings is 1. The summed E-state index contributed by atoms with van der Waals surface area (Å²) in [5.74, 6) is 3.43. The van der Waals surface area contributed by atoms with Crippen molar-refractivity contribution in [2.45, 2.75) is 46.1 Å². The van der Waals surface area contributed by atoms with E-state index in [1.165, 1.54) is 6.42 Å². The van der Waals surface area contributed by atoms with E-state index in [0.29, 0.717) is 12.0 Å². The predicted octanol–water partition coefficient (Wildman–Crippen LogP) is 2.61. The van der Waals surface area contributed by atoms with E-state index in [2.05, 4.69) is 53.3 Å². The summed E-state index contributed by atoms with van der Waals surface area (Å²) in [6.07, 6.45) is 3.13. The smallest absolute Gasteiger partial charge is 0.132 e. The zero-order valence-corrected chi connectivity index (χ0v) is 13.8. The van der Waals surface area contributed by atoms with Crippen molar-refractivity contribution in [2.75, 3.05) is 37.3 Å². The van der Waals surface area contributed by atoms with Crippen molar-refractivity contribution in [1.29, 1.82) is 0 Å². The van der Waals surface area contributed by atoms with Crippen molar-refractivity contribution in [1.82, 2.24) is 14.9 Å². The molecule has 2 heterocycles. The first-order valence-corrected chi connectivity index (χ1v) is 8.19. The van der Waals surface area contributed by atoms with Gasteiger partial charge in [-0.25, -0.2) is 9.97 Å². The largest absolute Gasteiger partial charge is 0.370 e. The summed E-state index contributed by atoms with van der Waals surface area (Å²) >= 11 is 0. The van der Waals surface area contributed by atoms with Gasteiger partial charge in [-0.1, -0.05) is 20.8 Å². The fourth-order valence-electron chi connectivity index (χ4n) is 2.83. The summed E-state index contributed by atoms with van der Waals surface area (Å²) in [6, 6.07) is 2.54. The van der Waals surface area contributed by atoms with E-state index in [0.717, 1.165) is 49.9 Å². The standard InChI is InChI=1S/C16H29N5/c1-5-8-17-15-10-16(20-14(6-2)19-15)18-13-7-9-21(4)11-12(13)3/h10,12-13H,5-9,11H2,1-4H3,(H2,17,18,19,20). The number of hydrogen-bond donors (Lipinski definition) is 2. The summed E-state index contributed by atoms with van der Waals surface area (Å²) < 4.78 is 0. The van der Waals surface area contributed by atoms with E-state index in [-0.39, 0.29) is 0 Å². The molecule has 1 aliphatic rings. The van der Waals surface area contributed by atoms with E-state index >= 15 is 0 Å². The monoisotopic (exact) mass is 291 g/mol. The van der Waals surface area contributed by atoms with Crippen LogP contribution in [0.3, 0.4) is 0 Å². The van der Waals surface area contributed by atoms with Gasteiger partial charge in [-0.15, -0.1) is 0 Å². The third kappa shape index (κ3) is 4.56. The molecule has 1 aliphatic heterocycles. The van der Waals surface area contributed by atoms with Crippen molar-refractivity contribution in [3.63, 3.8) is 0 Å². The molecule has 0 saturated carbocycles. The molecule has 1 aromatic rings. The molecular formula is C16H29N5. The molecule has 2 unspecified atom stereocenters. The highest BCUT2D eigenvalue weighted by Gasteiger charge is 2.24. The Morgan fingerprint density at radius 2 is 2.05 bits per heavy atom. The minimum absolute atomic E-state index is 0.500. The number of nitrogens with zero attached hydrogens (tertiary/aromatic N) is 3. The van der Waals surface area contributed by atoms with Gasteiger partial charge in [-0.2, -0.15) is 0 Å². The van der Waals surface area contributed by atoms with Gasteiger partial charge >= 0.3 is 0 Å². The van der Waals surface area contributed by atoms with Gasteiger partial charge in [0.2, 0.25) is 0 Å². The van der Waals surface area contributed by atoms with Crippen LogP contribution in [-0.2, 0) is 6.42 Å². The van der Waals surface area contributed by atoms with Crippen molar-refractivity contribution >= 4 is 11.6 Å². The van der Waals surface area contributed by atoms with Crippen molar-refractivity contribution in [2.24, 2.45) is 5.92 Å². The Labute approximate surface area is 128 Å². The lowest BCUT2D eigenvalue weighted by Crippen LogP contribution is -2.43. The highest BCUT2D eigenvalue weighted by molar-refractivity contribution is 5.48. The lowest BCUT2D eigenvalue weighted by Gasteiger charge is -2.35. The second-order valence-corrected chi connectivity index (χ2v) is 6.11. The molecule has 1 aromatic heterocycles. The van der Waals surface area contributed by atoms with Crippen LogP contribution in [-0.4, -0.2) is 47.6 Å². The average Bonchev–Trinajstić information content (AvgIpc) is 2.48. The number of anilines is 2.